The summed E-state index contributed by atoms with van der Waals surface area (Å²) >= 11 is 0. The summed E-state index contributed by atoms with van der Waals surface area (Å²) in [5.41, 5.74) is 8.44. The number of para-hydroxylation sites is 1. The molecule has 3 N–H and O–H groups in total. The summed E-state index contributed by atoms with van der Waals surface area (Å²) in [4.78, 5) is 24.6. The third kappa shape index (κ3) is 3.65. The molecule has 3 aliphatic rings. The topological polar surface area (TPSA) is 117 Å². The van der Waals surface area contributed by atoms with Crippen LogP contribution < -0.4 is 15.8 Å². The Kier molecular flexibility index (Phi) is 4.75. The minimum atomic E-state index is -0.506. The van der Waals surface area contributed by atoms with Crippen LogP contribution in [0.4, 0.5) is 0 Å². The molecular formula is C25H28N6O3. The molecule has 0 radical (unpaired) electrons. The Balaban J connectivity index is 1.02. The van der Waals surface area contributed by atoms with Gasteiger partial charge < -0.3 is 15.8 Å². The number of hydrogen-bond acceptors (Lipinski definition) is 5. The average molecular weight is 461 g/mol. The highest BCUT2D eigenvalue weighted by atomic mass is 16.5. The van der Waals surface area contributed by atoms with Crippen LogP contribution in [0.1, 0.15) is 71.0 Å². The fraction of sp³-hybridized carbons (Fsp3) is 0.440. The Bertz CT molecular complexity index is 1240. The van der Waals surface area contributed by atoms with Crippen molar-refractivity contribution in [3.8, 4) is 11.6 Å². The zero-order valence-electron chi connectivity index (χ0n) is 19.1. The normalized spacial score (nSPS) is 25.4. The van der Waals surface area contributed by atoms with Crippen LogP contribution in [0.15, 0.2) is 42.7 Å². The molecular weight excluding hydrogens is 432 g/mol. The summed E-state index contributed by atoms with van der Waals surface area (Å²) in [5, 5.41) is 12.0. The van der Waals surface area contributed by atoms with Gasteiger partial charge in [0.25, 0.3) is 11.8 Å². The first-order chi connectivity index (χ1) is 16.4. The number of primary amides is 1. The number of rotatable bonds is 7. The maximum Gasteiger partial charge on any atom is 0.255 e. The molecule has 3 fully saturated rings. The highest BCUT2D eigenvalue weighted by Gasteiger charge is 2.54. The molecule has 3 aromatic rings. The van der Waals surface area contributed by atoms with Crippen LogP contribution in [0.2, 0.25) is 0 Å². The van der Waals surface area contributed by atoms with Crippen LogP contribution in [-0.4, -0.2) is 43.5 Å². The number of nitrogens with two attached hydrogens (primary N) is 1. The van der Waals surface area contributed by atoms with E-state index in [2.05, 4.69) is 15.5 Å². The molecule has 1 aromatic carbocycles. The molecule has 6 rings (SSSR count). The number of aromatic nitrogens is 4. The van der Waals surface area contributed by atoms with E-state index in [4.69, 9.17) is 10.5 Å². The van der Waals surface area contributed by atoms with Crippen LogP contribution in [-0.2, 0) is 0 Å². The number of amides is 2. The van der Waals surface area contributed by atoms with E-state index in [9.17, 15) is 9.59 Å². The SMILES string of the molecule is Cc1c(C(=O)NC2CC3(C2)CC(Oc2nn(C4CC4)cc2C(N)=O)C3)cnn1-c1ccccc1. The molecule has 34 heavy (non-hydrogen) atoms. The lowest BCUT2D eigenvalue weighted by molar-refractivity contribution is -0.0849. The number of benzene rings is 1. The minimum absolute atomic E-state index is 0.0312. The van der Waals surface area contributed by atoms with Gasteiger partial charge in [-0.15, -0.1) is 5.10 Å². The van der Waals surface area contributed by atoms with E-state index in [1.807, 2.05) is 37.3 Å². The van der Waals surface area contributed by atoms with Crippen molar-refractivity contribution in [3.05, 3.63) is 59.5 Å². The van der Waals surface area contributed by atoms with Gasteiger partial charge in [0.15, 0.2) is 0 Å². The van der Waals surface area contributed by atoms with Crippen molar-refractivity contribution >= 4 is 11.8 Å². The zero-order chi connectivity index (χ0) is 23.4. The fourth-order valence-corrected chi connectivity index (χ4v) is 5.45. The van der Waals surface area contributed by atoms with Gasteiger partial charge >= 0.3 is 0 Å². The maximum absolute atomic E-state index is 12.9. The van der Waals surface area contributed by atoms with Crippen LogP contribution in [0.5, 0.6) is 5.88 Å². The molecule has 0 saturated heterocycles. The Morgan fingerprint density at radius 3 is 2.53 bits per heavy atom. The van der Waals surface area contributed by atoms with Gasteiger partial charge in [-0.05, 0) is 63.0 Å². The largest absolute Gasteiger partial charge is 0.473 e. The highest BCUT2D eigenvalue weighted by Crippen LogP contribution is 2.57. The van der Waals surface area contributed by atoms with Crippen molar-refractivity contribution in [1.29, 1.82) is 0 Å². The van der Waals surface area contributed by atoms with Crippen molar-refractivity contribution in [1.82, 2.24) is 24.9 Å². The van der Waals surface area contributed by atoms with Crippen LogP contribution in [0.25, 0.3) is 5.69 Å². The van der Waals surface area contributed by atoms with E-state index in [0.29, 0.717) is 23.0 Å². The lowest BCUT2D eigenvalue weighted by atomic mass is 9.53. The molecule has 1 spiro atoms. The monoisotopic (exact) mass is 460 g/mol. The molecule has 3 saturated carbocycles. The Hall–Kier alpha value is -3.62. The molecule has 0 bridgehead atoms. The fourth-order valence-electron chi connectivity index (χ4n) is 5.45. The van der Waals surface area contributed by atoms with Gasteiger partial charge in [0.1, 0.15) is 11.7 Å². The van der Waals surface area contributed by atoms with Crippen LogP contribution in [0, 0.1) is 12.3 Å². The summed E-state index contributed by atoms with van der Waals surface area (Å²) in [6.07, 6.45) is 9.20. The van der Waals surface area contributed by atoms with Gasteiger partial charge in [0.2, 0.25) is 5.88 Å². The molecule has 0 unspecified atom stereocenters. The first-order valence-electron chi connectivity index (χ1n) is 11.9. The third-order valence-electron chi connectivity index (χ3n) is 7.43. The lowest BCUT2D eigenvalue weighted by Crippen LogP contribution is -2.58. The van der Waals surface area contributed by atoms with Gasteiger partial charge in [0, 0.05) is 12.2 Å². The second-order valence-corrected chi connectivity index (χ2v) is 10.0. The van der Waals surface area contributed by atoms with Crippen molar-refractivity contribution < 1.29 is 14.3 Å². The number of nitrogens with zero attached hydrogens (tertiary/aromatic N) is 4. The van der Waals surface area contributed by atoms with E-state index in [1.165, 1.54) is 0 Å². The van der Waals surface area contributed by atoms with Gasteiger partial charge in [0.05, 0.1) is 29.2 Å². The first-order valence-corrected chi connectivity index (χ1v) is 11.9. The quantitative estimate of drug-likeness (QED) is 0.562. The standard InChI is InChI=1S/C25H28N6O3/c1-15-20(13-27-31(15)18-5-3-2-4-6-18)23(33)28-16-9-25(10-16)11-19(12-25)34-24-21(22(26)32)14-30(29-24)17-7-8-17/h2-6,13-14,16-17,19H,7-12H2,1H3,(H2,26,32)(H,28,33). The lowest BCUT2D eigenvalue weighted by Gasteiger charge is -2.57. The summed E-state index contributed by atoms with van der Waals surface area (Å²) < 4.78 is 9.64. The second kappa shape index (κ2) is 7.72. The number of ether oxygens (including phenoxy) is 1. The van der Waals surface area contributed by atoms with Crippen molar-refractivity contribution in [2.45, 2.75) is 63.6 Å². The second-order valence-electron chi connectivity index (χ2n) is 10.0. The Morgan fingerprint density at radius 2 is 1.85 bits per heavy atom. The summed E-state index contributed by atoms with van der Waals surface area (Å²) in [5.74, 6) is -0.231. The molecule has 0 atom stereocenters. The van der Waals surface area contributed by atoms with Crippen molar-refractivity contribution in [2.24, 2.45) is 11.1 Å². The molecule has 3 aliphatic carbocycles. The van der Waals surface area contributed by atoms with Gasteiger partial charge in [-0.2, -0.15) is 5.10 Å². The average Bonchev–Trinajstić information content (AvgIpc) is 3.42. The predicted molar refractivity (Wildman–Crippen MR) is 124 cm³/mol. The van der Waals surface area contributed by atoms with Gasteiger partial charge in [-0.1, -0.05) is 18.2 Å². The number of carbonyl (C=O) groups is 2. The minimum Gasteiger partial charge on any atom is -0.473 e. The van der Waals surface area contributed by atoms with E-state index in [0.717, 1.165) is 49.9 Å². The molecule has 0 aliphatic heterocycles. The predicted octanol–water partition coefficient (Wildman–Crippen LogP) is 2.93. The van der Waals surface area contributed by atoms with Crippen LogP contribution in [0.3, 0.4) is 0 Å². The summed E-state index contributed by atoms with van der Waals surface area (Å²) in [6.45, 7) is 1.91. The van der Waals surface area contributed by atoms with E-state index < -0.39 is 5.91 Å². The van der Waals surface area contributed by atoms with Crippen molar-refractivity contribution in [3.63, 3.8) is 0 Å². The van der Waals surface area contributed by atoms with E-state index >= 15 is 0 Å². The smallest absolute Gasteiger partial charge is 0.255 e. The summed E-state index contributed by atoms with van der Waals surface area (Å²) in [7, 11) is 0. The van der Waals surface area contributed by atoms with Crippen molar-refractivity contribution in [2.75, 3.05) is 0 Å². The number of carbonyl (C=O) groups excluding carboxylic acids is 2. The molecule has 9 heteroatoms. The molecule has 176 valence electrons. The zero-order valence-corrected chi connectivity index (χ0v) is 19.1. The molecule has 2 heterocycles. The van der Waals surface area contributed by atoms with Crippen LogP contribution >= 0.6 is 0 Å². The Labute approximate surface area is 197 Å². The van der Waals surface area contributed by atoms with Gasteiger partial charge in [-0.3, -0.25) is 14.3 Å². The summed E-state index contributed by atoms with van der Waals surface area (Å²) in [6, 6.07) is 10.3. The van der Waals surface area contributed by atoms with Gasteiger partial charge in [-0.25, -0.2) is 4.68 Å². The molecule has 9 nitrogen and oxygen atoms in total. The first kappa shape index (κ1) is 20.9. The molecule has 2 aromatic heterocycles. The maximum atomic E-state index is 12.9. The Morgan fingerprint density at radius 1 is 1.12 bits per heavy atom. The van der Waals surface area contributed by atoms with E-state index in [-0.39, 0.29) is 23.5 Å². The number of nitrogens with one attached hydrogen (secondary N) is 1. The highest BCUT2D eigenvalue weighted by molar-refractivity contribution is 5.95. The molecule has 2 amide bonds. The third-order valence-corrected chi connectivity index (χ3v) is 7.43. The number of hydrogen-bond donors (Lipinski definition) is 2. The van der Waals surface area contributed by atoms with E-state index in [1.54, 1.807) is 21.8 Å².